The largest absolute Gasteiger partial charge is 0.494 e. The average molecular weight is 376 g/mol. The molecule has 0 amide bonds. The minimum Gasteiger partial charge on any atom is -0.494 e. The van der Waals surface area contributed by atoms with Crippen LogP contribution in [0.2, 0.25) is 0 Å². The molecule has 0 N–H and O–H groups in total. The molecule has 0 aliphatic rings. The Hall–Kier alpha value is -2.17. The summed E-state index contributed by atoms with van der Waals surface area (Å²) >= 11 is 0. The Labute approximate surface area is 162 Å². The molecule has 0 aliphatic carbocycles. The maximum absolute atomic E-state index is 12.0. The number of hydrogen-bond acceptors (Lipinski definition) is 5. The average Bonchev–Trinajstić information content (AvgIpc) is 2.64. The van der Waals surface area contributed by atoms with E-state index >= 15 is 0 Å². The lowest BCUT2D eigenvalue weighted by molar-refractivity contribution is -0.136. The number of benzene rings is 1. The summed E-state index contributed by atoms with van der Waals surface area (Å²) < 4.78 is 10.7. The summed E-state index contributed by atoms with van der Waals surface area (Å²) in [6, 6.07) is 6.53. The number of Topliss-reactive ketones (excluding diaryl/α,β-unsaturated/α-hetero) is 2. The maximum Gasteiger partial charge on any atom is 0.339 e. The van der Waals surface area contributed by atoms with Gasteiger partial charge in [0.1, 0.15) is 5.75 Å². The molecular weight excluding hydrogens is 344 g/mol. The topological polar surface area (TPSA) is 69.7 Å². The molecule has 0 heterocycles. The highest BCUT2D eigenvalue weighted by molar-refractivity contribution is 6.05. The van der Waals surface area contributed by atoms with Gasteiger partial charge in [0.15, 0.2) is 11.6 Å². The highest BCUT2D eigenvalue weighted by Gasteiger charge is 2.24. The van der Waals surface area contributed by atoms with Crippen LogP contribution in [0.1, 0.15) is 82.5 Å². The van der Waals surface area contributed by atoms with Crippen LogP contribution in [0, 0.1) is 0 Å². The van der Waals surface area contributed by atoms with Crippen molar-refractivity contribution in [2.75, 3.05) is 6.61 Å². The third kappa shape index (κ3) is 9.36. The van der Waals surface area contributed by atoms with Gasteiger partial charge in [0, 0.05) is 0 Å². The first-order valence-electron chi connectivity index (χ1n) is 9.90. The molecule has 27 heavy (non-hydrogen) atoms. The molecule has 0 saturated heterocycles. The summed E-state index contributed by atoms with van der Waals surface area (Å²) in [5.74, 6) is -0.980. The number of esters is 1. The molecule has 0 radical (unpaired) electrons. The van der Waals surface area contributed by atoms with Crippen molar-refractivity contribution in [1.82, 2.24) is 0 Å². The smallest absolute Gasteiger partial charge is 0.339 e. The molecule has 0 fully saturated rings. The van der Waals surface area contributed by atoms with Gasteiger partial charge in [-0.1, -0.05) is 51.9 Å². The molecule has 0 aromatic heterocycles. The van der Waals surface area contributed by atoms with Crippen molar-refractivity contribution in [2.45, 2.75) is 78.2 Å². The van der Waals surface area contributed by atoms with Gasteiger partial charge in [0.25, 0.3) is 0 Å². The minimum atomic E-state index is -1.34. The second-order valence-electron chi connectivity index (χ2n) is 6.85. The van der Waals surface area contributed by atoms with Gasteiger partial charge < -0.3 is 9.47 Å². The van der Waals surface area contributed by atoms with Crippen LogP contribution in [0.5, 0.6) is 5.75 Å². The fourth-order valence-corrected chi connectivity index (χ4v) is 2.74. The lowest BCUT2D eigenvalue weighted by Crippen LogP contribution is -2.31. The molecule has 1 rings (SSSR count). The molecule has 0 aliphatic heterocycles. The predicted molar refractivity (Wildman–Crippen MR) is 105 cm³/mol. The number of ketones is 2. The van der Waals surface area contributed by atoms with Crippen LogP contribution >= 0.6 is 0 Å². The van der Waals surface area contributed by atoms with Gasteiger partial charge in [0.05, 0.1) is 12.2 Å². The van der Waals surface area contributed by atoms with Crippen LogP contribution in [0.4, 0.5) is 0 Å². The van der Waals surface area contributed by atoms with Crippen LogP contribution in [-0.4, -0.2) is 30.2 Å². The molecule has 0 bridgehead atoms. The summed E-state index contributed by atoms with van der Waals surface area (Å²) in [6.07, 6.45) is 8.63. The van der Waals surface area contributed by atoms with E-state index in [-0.39, 0.29) is 5.56 Å². The first-order valence-corrected chi connectivity index (χ1v) is 9.90. The summed E-state index contributed by atoms with van der Waals surface area (Å²) in [7, 11) is 0. The number of unbranched alkanes of at least 4 members (excludes halogenated alkanes) is 7. The van der Waals surface area contributed by atoms with E-state index in [4.69, 9.17) is 9.47 Å². The number of hydrogen-bond donors (Lipinski definition) is 0. The monoisotopic (exact) mass is 376 g/mol. The zero-order chi connectivity index (χ0) is 20.1. The van der Waals surface area contributed by atoms with Gasteiger partial charge >= 0.3 is 5.97 Å². The zero-order valence-electron chi connectivity index (χ0n) is 16.8. The molecule has 150 valence electrons. The first-order chi connectivity index (χ1) is 13.0. The molecule has 0 spiro atoms. The van der Waals surface area contributed by atoms with E-state index in [1.54, 1.807) is 24.3 Å². The molecule has 0 atom stereocenters. The van der Waals surface area contributed by atoms with Crippen molar-refractivity contribution in [3.05, 3.63) is 29.8 Å². The molecule has 5 heteroatoms. The second kappa shape index (κ2) is 13.1. The normalized spacial score (nSPS) is 10.7. The van der Waals surface area contributed by atoms with E-state index in [0.29, 0.717) is 12.4 Å². The first kappa shape index (κ1) is 22.9. The zero-order valence-corrected chi connectivity index (χ0v) is 16.8. The fourth-order valence-electron chi connectivity index (χ4n) is 2.74. The highest BCUT2D eigenvalue weighted by atomic mass is 16.5. The standard InChI is InChI=1S/C22H32O5/c1-4-5-6-7-8-9-10-11-16-26-20-14-12-19(13-15-20)22(25)27-21(17(2)23)18(3)24/h12-15,21H,4-11,16H2,1-3H3. The van der Waals surface area contributed by atoms with E-state index in [0.717, 1.165) is 12.8 Å². The summed E-state index contributed by atoms with van der Waals surface area (Å²) in [4.78, 5) is 34.7. The summed E-state index contributed by atoms with van der Waals surface area (Å²) in [5, 5.41) is 0. The van der Waals surface area contributed by atoms with Crippen LogP contribution in [0.3, 0.4) is 0 Å². The third-order valence-electron chi connectivity index (χ3n) is 4.32. The fraction of sp³-hybridized carbons (Fsp3) is 0.591. The number of carbonyl (C=O) groups is 3. The van der Waals surface area contributed by atoms with Gasteiger partial charge in [-0.05, 0) is 44.5 Å². The van der Waals surface area contributed by atoms with Gasteiger partial charge in [-0.15, -0.1) is 0 Å². The Kier molecular flexibility index (Phi) is 11.1. The molecule has 0 saturated carbocycles. The second-order valence-corrected chi connectivity index (χ2v) is 6.85. The van der Waals surface area contributed by atoms with Crippen LogP contribution in [0.25, 0.3) is 0 Å². The van der Waals surface area contributed by atoms with Crippen LogP contribution in [-0.2, 0) is 14.3 Å². The Bertz CT molecular complexity index is 577. The SMILES string of the molecule is CCCCCCCCCCOc1ccc(C(=O)OC(C(C)=O)C(C)=O)cc1. The minimum absolute atomic E-state index is 0.280. The van der Waals surface area contributed by atoms with E-state index < -0.39 is 23.6 Å². The number of carbonyl (C=O) groups excluding carboxylic acids is 3. The van der Waals surface area contributed by atoms with Gasteiger partial charge in [-0.3, -0.25) is 9.59 Å². The lowest BCUT2D eigenvalue weighted by Gasteiger charge is -2.12. The Morgan fingerprint density at radius 1 is 0.815 bits per heavy atom. The molecule has 1 aromatic carbocycles. The number of rotatable bonds is 14. The van der Waals surface area contributed by atoms with Gasteiger partial charge in [-0.25, -0.2) is 4.79 Å². The Morgan fingerprint density at radius 2 is 1.33 bits per heavy atom. The van der Waals surface area contributed by atoms with Crippen molar-refractivity contribution in [3.63, 3.8) is 0 Å². The van der Waals surface area contributed by atoms with Crippen molar-refractivity contribution in [3.8, 4) is 5.75 Å². The Balaban J connectivity index is 2.30. The number of ether oxygens (including phenoxy) is 2. The predicted octanol–water partition coefficient (Wildman–Crippen LogP) is 4.91. The lowest BCUT2D eigenvalue weighted by atomic mass is 10.1. The molecule has 0 unspecified atom stereocenters. The van der Waals surface area contributed by atoms with Crippen molar-refractivity contribution >= 4 is 17.5 Å². The summed E-state index contributed by atoms with van der Waals surface area (Å²) in [5.41, 5.74) is 0.280. The van der Waals surface area contributed by atoms with E-state index in [2.05, 4.69) is 6.92 Å². The van der Waals surface area contributed by atoms with Crippen molar-refractivity contribution < 1.29 is 23.9 Å². The van der Waals surface area contributed by atoms with E-state index in [1.165, 1.54) is 52.4 Å². The van der Waals surface area contributed by atoms with Gasteiger partial charge in [0.2, 0.25) is 6.10 Å². The Morgan fingerprint density at radius 3 is 1.85 bits per heavy atom. The summed E-state index contributed by atoms with van der Waals surface area (Å²) in [6.45, 7) is 5.32. The maximum atomic E-state index is 12.0. The van der Waals surface area contributed by atoms with E-state index in [1.807, 2.05) is 0 Å². The highest BCUT2D eigenvalue weighted by Crippen LogP contribution is 2.15. The van der Waals surface area contributed by atoms with Crippen LogP contribution in [0.15, 0.2) is 24.3 Å². The molecule has 5 nitrogen and oxygen atoms in total. The molecular formula is C22H32O5. The molecule has 1 aromatic rings. The van der Waals surface area contributed by atoms with Gasteiger partial charge in [-0.2, -0.15) is 0 Å². The van der Waals surface area contributed by atoms with Crippen LogP contribution < -0.4 is 4.74 Å². The third-order valence-corrected chi connectivity index (χ3v) is 4.32. The van der Waals surface area contributed by atoms with E-state index in [9.17, 15) is 14.4 Å². The van der Waals surface area contributed by atoms with Crippen molar-refractivity contribution in [1.29, 1.82) is 0 Å². The van der Waals surface area contributed by atoms with Crippen molar-refractivity contribution in [2.24, 2.45) is 0 Å². The quantitative estimate of drug-likeness (QED) is 0.262.